The van der Waals surface area contributed by atoms with Crippen LogP contribution in [0.5, 0.6) is 11.5 Å². The third-order valence-electron chi connectivity index (χ3n) is 7.73. The Bertz CT molecular complexity index is 1460. The quantitative estimate of drug-likeness (QED) is 0.287. The summed E-state index contributed by atoms with van der Waals surface area (Å²) in [6, 6.07) is 23.0. The van der Waals surface area contributed by atoms with E-state index in [0.29, 0.717) is 58.3 Å². The molecule has 1 aliphatic carbocycles. The lowest BCUT2D eigenvalue weighted by molar-refractivity contribution is -0.146. The van der Waals surface area contributed by atoms with Gasteiger partial charge in [-0.3, -0.25) is 14.6 Å². The first-order chi connectivity index (χ1) is 19.4. The molecule has 1 heterocycles. The fourth-order valence-corrected chi connectivity index (χ4v) is 5.96. The molecule has 2 aliphatic rings. The summed E-state index contributed by atoms with van der Waals surface area (Å²) in [4.78, 5) is 32.5. The topological polar surface area (TPSA) is 74.2 Å². The van der Waals surface area contributed by atoms with Crippen LogP contribution in [-0.2, 0) is 20.7 Å². The molecule has 0 N–H and O–H groups in total. The van der Waals surface area contributed by atoms with Crippen molar-refractivity contribution in [1.82, 2.24) is 0 Å². The number of carbonyl (C=O) groups is 2. The molecule has 1 aliphatic heterocycles. The van der Waals surface area contributed by atoms with Gasteiger partial charge < -0.3 is 14.2 Å². The van der Waals surface area contributed by atoms with Crippen molar-refractivity contribution in [2.75, 3.05) is 20.8 Å². The molecule has 7 heteroatoms. The number of carbonyl (C=O) groups excluding carboxylic acids is 2. The normalized spacial score (nSPS) is 20.4. The monoisotopic (exact) mass is 557 g/mol. The zero-order valence-corrected chi connectivity index (χ0v) is 23.6. The van der Waals surface area contributed by atoms with Crippen molar-refractivity contribution in [3.63, 3.8) is 0 Å². The van der Waals surface area contributed by atoms with E-state index in [-0.39, 0.29) is 18.3 Å². The van der Waals surface area contributed by atoms with Gasteiger partial charge >= 0.3 is 5.97 Å². The van der Waals surface area contributed by atoms with Crippen LogP contribution in [0, 0.1) is 5.92 Å². The third-order valence-corrected chi connectivity index (χ3v) is 7.98. The highest BCUT2D eigenvalue weighted by molar-refractivity contribution is 6.30. The van der Waals surface area contributed by atoms with Crippen molar-refractivity contribution < 1.29 is 23.8 Å². The summed E-state index contributed by atoms with van der Waals surface area (Å²) in [6.45, 7) is 2.07. The Balaban J connectivity index is 1.53. The smallest absolute Gasteiger partial charge is 0.315 e. The largest absolute Gasteiger partial charge is 0.493 e. The fraction of sp³-hybridized carbons (Fsp3) is 0.303. The molecule has 3 atom stereocenters. The number of methoxy groups -OCH3 is 2. The number of nitrogens with zero attached hydrogens (tertiary/aromatic N) is 1. The van der Waals surface area contributed by atoms with Crippen LogP contribution in [0.3, 0.4) is 0 Å². The van der Waals surface area contributed by atoms with Crippen molar-refractivity contribution in [1.29, 1.82) is 0 Å². The molecule has 40 heavy (non-hydrogen) atoms. The summed E-state index contributed by atoms with van der Waals surface area (Å²) in [5.74, 6) is -0.831. The lowest BCUT2D eigenvalue weighted by Gasteiger charge is -2.37. The predicted molar refractivity (Wildman–Crippen MR) is 155 cm³/mol. The first-order valence-corrected chi connectivity index (χ1v) is 13.8. The van der Waals surface area contributed by atoms with Crippen LogP contribution < -0.4 is 9.47 Å². The molecule has 0 spiro atoms. The average Bonchev–Trinajstić information content (AvgIpc) is 2.96. The highest BCUT2D eigenvalue weighted by Crippen LogP contribution is 2.50. The zero-order chi connectivity index (χ0) is 28.2. The van der Waals surface area contributed by atoms with Crippen molar-refractivity contribution in [3.8, 4) is 11.5 Å². The molecule has 0 saturated carbocycles. The maximum absolute atomic E-state index is 13.9. The van der Waals surface area contributed by atoms with Crippen LogP contribution >= 0.6 is 11.6 Å². The number of hydrogen-bond acceptors (Lipinski definition) is 6. The second-order valence-corrected chi connectivity index (χ2v) is 10.6. The number of ether oxygens (including phenoxy) is 3. The van der Waals surface area contributed by atoms with E-state index in [4.69, 9.17) is 30.8 Å². The molecule has 0 aromatic heterocycles. The van der Waals surface area contributed by atoms with Gasteiger partial charge in [0.2, 0.25) is 0 Å². The second-order valence-electron chi connectivity index (χ2n) is 10.1. The minimum atomic E-state index is -0.772. The minimum absolute atomic E-state index is 0.0257. The number of rotatable bonds is 8. The second kappa shape index (κ2) is 12.1. The van der Waals surface area contributed by atoms with Crippen molar-refractivity contribution in [2.24, 2.45) is 10.9 Å². The standard InChI is InChI=1S/C33H32ClNO5/c1-20-29(33(37)40-17-16-21-8-5-4-6-9-21)30(25-10-7-11-28(38-2)32(25)39-3)31-26(35-20)18-23(19-27(31)36)22-12-14-24(34)15-13-22/h4-15,23,29-30H,16-19H2,1-3H3/t23-,29?,30-/m1/s1. The average molecular weight is 558 g/mol. The summed E-state index contributed by atoms with van der Waals surface area (Å²) >= 11 is 6.10. The number of esters is 1. The fourth-order valence-electron chi connectivity index (χ4n) is 5.83. The molecule has 0 saturated heterocycles. The Hall–Kier alpha value is -3.90. The number of ketones is 1. The van der Waals surface area contributed by atoms with Gasteiger partial charge in [0.05, 0.1) is 20.8 Å². The lowest BCUT2D eigenvalue weighted by Crippen LogP contribution is -2.38. The Kier molecular flexibility index (Phi) is 8.36. The molecule has 0 fully saturated rings. The first-order valence-electron chi connectivity index (χ1n) is 13.4. The summed E-state index contributed by atoms with van der Waals surface area (Å²) < 4.78 is 17.2. The van der Waals surface area contributed by atoms with E-state index >= 15 is 0 Å². The van der Waals surface area contributed by atoms with Crippen LogP contribution in [0.25, 0.3) is 0 Å². The van der Waals surface area contributed by atoms with E-state index in [2.05, 4.69) is 0 Å². The molecular formula is C33H32ClNO5. The molecule has 3 aromatic rings. The van der Waals surface area contributed by atoms with E-state index in [1.807, 2.05) is 73.7 Å². The van der Waals surface area contributed by atoms with E-state index in [1.165, 1.54) is 0 Å². The molecule has 5 rings (SSSR count). The molecule has 0 radical (unpaired) electrons. The summed E-state index contributed by atoms with van der Waals surface area (Å²) in [5.41, 5.74) is 4.69. The molecule has 0 amide bonds. The van der Waals surface area contributed by atoms with Crippen molar-refractivity contribution in [3.05, 3.63) is 106 Å². The van der Waals surface area contributed by atoms with Gasteiger partial charge in [0.25, 0.3) is 0 Å². The van der Waals surface area contributed by atoms with Crippen LogP contribution in [0.1, 0.15) is 48.3 Å². The van der Waals surface area contributed by atoms with Gasteiger partial charge in [0.15, 0.2) is 17.3 Å². The van der Waals surface area contributed by atoms with Gasteiger partial charge in [-0.15, -0.1) is 0 Å². The number of benzene rings is 3. The SMILES string of the molecule is COc1cccc([C@H]2C3=C(C[C@@H](c4ccc(Cl)cc4)CC3=O)N=C(C)C2C(=O)OCCc2ccccc2)c1OC. The van der Waals surface area contributed by atoms with E-state index in [1.54, 1.807) is 20.3 Å². The molecular weight excluding hydrogens is 526 g/mol. The predicted octanol–water partition coefficient (Wildman–Crippen LogP) is 6.72. The summed E-state index contributed by atoms with van der Waals surface area (Å²) in [5, 5.41) is 0.649. The number of aliphatic imine (C=N–C) groups is 1. The summed E-state index contributed by atoms with van der Waals surface area (Å²) in [6.07, 6.45) is 1.49. The van der Waals surface area contributed by atoms with Gasteiger partial charge in [0, 0.05) is 46.3 Å². The van der Waals surface area contributed by atoms with Crippen LogP contribution in [0.2, 0.25) is 5.02 Å². The number of hydrogen-bond donors (Lipinski definition) is 0. The molecule has 206 valence electrons. The van der Waals surface area contributed by atoms with E-state index < -0.39 is 17.8 Å². The molecule has 6 nitrogen and oxygen atoms in total. The lowest BCUT2D eigenvalue weighted by atomic mass is 9.69. The molecule has 0 bridgehead atoms. The van der Waals surface area contributed by atoms with Crippen LogP contribution in [0.4, 0.5) is 0 Å². The Morgan fingerprint density at radius 2 is 1.70 bits per heavy atom. The Labute approximate surface area is 239 Å². The van der Waals surface area contributed by atoms with Gasteiger partial charge in [-0.2, -0.15) is 0 Å². The van der Waals surface area contributed by atoms with Gasteiger partial charge in [-0.05, 0) is 48.6 Å². The number of para-hydroxylation sites is 1. The first kappa shape index (κ1) is 27.7. The highest BCUT2D eigenvalue weighted by atomic mass is 35.5. The Morgan fingerprint density at radius 1 is 0.950 bits per heavy atom. The number of Topliss-reactive ketones (excluding diaryl/α,β-unsaturated/α-hetero) is 1. The third kappa shape index (κ3) is 5.54. The molecule has 3 aromatic carbocycles. The maximum Gasteiger partial charge on any atom is 0.315 e. The van der Waals surface area contributed by atoms with E-state index in [9.17, 15) is 9.59 Å². The van der Waals surface area contributed by atoms with Gasteiger partial charge in [-0.1, -0.05) is 66.2 Å². The Morgan fingerprint density at radius 3 is 2.40 bits per heavy atom. The van der Waals surface area contributed by atoms with Crippen LogP contribution in [-0.4, -0.2) is 38.3 Å². The maximum atomic E-state index is 13.9. The highest BCUT2D eigenvalue weighted by Gasteiger charge is 2.46. The minimum Gasteiger partial charge on any atom is -0.493 e. The van der Waals surface area contributed by atoms with Crippen molar-refractivity contribution >= 4 is 29.1 Å². The zero-order valence-electron chi connectivity index (χ0n) is 22.9. The van der Waals surface area contributed by atoms with Gasteiger partial charge in [-0.25, -0.2) is 0 Å². The van der Waals surface area contributed by atoms with Crippen LogP contribution in [0.15, 0.2) is 89.1 Å². The van der Waals surface area contributed by atoms with E-state index in [0.717, 1.165) is 11.1 Å². The molecule has 1 unspecified atom stereocenters. The number of halogens is 1. The van der Waals surface area contributed by atoms with Gasteiger partial charge in [0.1, 0.15) is 5.92 Å². The van der Waals surface area contributed by atoms with Crippen molar-refractivity contribution in [2.45, 2.75) is 38.0 Å². The summed E-state index contributed by atoms with van der Waals surface area (Å²) in [7, 11) is 3.13. The number of allylic oxidation sites excluding steroid dienone is 2.